The van der Waals surface area contributed by atoms with E-state index in [1.807, 2.05) is 25.5 Å². The van der Waals surface area contributed by atoms with Gasteiger partial charge in [-0.2, -0.15) is 0 Å². The molecule has 5 rings (SSSR count). The molecule has 1 aliphatic heterocycles. The number of hydrogen-bond donors (Lipinski definition) is 1. The van der Waals surface area contributed by atoms with Crippen LogP contribution >= 0.6 is 0 Å². The molecule has 0 bridgehead atoms. The lowest BCUT2D eigenvalue weighted by Crippen LogP contribution is -2.52. The number of ketones is 1. The van der Waals surface area contributed by atoms with Gasteiger partial charge in [0.2, 0.25) is 0 Å². The number of H-pyrrole nitrogens is 1. The summed E-state index contributed by atoms with van der Waals surface area (Å²) < 4.78 is 11.3. The Morgan fingerprint density at radius 1 is 1.21 bits per heavy atom. The third-order valence-electron chi connectivity index (χ3n) is 7.86. The minimum absolute atomic E-state index is 0.114. The van der Waals surface area contributed by atoms with Crippen LogP contribution in [0.4, 0.5) is 0 Å². The fraction of sp³-hybridized carbons (Fsp3) is 0.593. The molecule has 1 saturated heterocycles. The number of carbonyl (C=O) groups excluding carboxylic acids is 1. The zero-order chi connectivity index (χ0) is 23.5. The van der Waals surface area contributed by atoms with Gasteiger partial charge in [0, 0.05) is 55.2 Å². The topological polar surface area (TPSA) is 80.3 Å². The quantitative estimate of drug-likeness (QED) is 0.496. The second kappa shape index (κ2) is 10.5. The SMILES string of the molecule is CCC(=O)C1CCC(c2cc[nH]c3cnc4nccc4c23)CC1N1CCCC(OCCOC)C1. The summed E-state index contributed by atoms with van der Waals surface area (Å²) in [5.74, 6) is 0.921. The van der Waals surface area contributed by atoms with Gasteiger partial charge in [0.15, 0.2) is 5.65 Å². The van der Waals surface area contributed by atoms with E-state index in [0.717, 1.165) is 61.7 Å². The predicted molar refractivity (Wildman–Crippen MR) is 133 cm³/mol. The molecule has 2 fully saturated rings. The Morgan fingerprint density at radius 3 is 2.97 bits per heavy atom. The normalized spacial score (nSPS) is 26.3. The summed E-state index contributed by atoms with van der Waals surface area (Å²) in [6, 6.07) is 4.55. The van der Waals surface area contributed by atoms with E-state index in [1.54, 1.807) is 7.11 Å². The van der Waals surface area contributed by atoms with Gasteiger partial charge in [0.05, 0.1) is 31.0 Å². The van der Waals surface area contributed by atoms with E-state index in [4.69, 9.17) is 9.47 Å². The minimum atomic E-state index is 0.114. The summed E-state index contributed by atoms with van der Waals surface area (Å²) in [4.78, 5) is 27.9. The Hall–Kier alpha value is -2.35. The molecule has 1 N–H and O–H groups in total. The lowest BCUT2D eigenvalue weighted by atomic mass is 9.72. The molecule has 1 saturated carbocycles. The van der Waals surface area contributed by atoms with Crippen LogP contribution in [-0.4, -0.2) is 71.2 Å². The maximum absolute atomic E-state index is 13.0. The van der Waals surface area contributed by atoms with E-state index in [2.05, 4.69) is 32.0 Å². The van der Waals surface area contributed by atoms with E-state index >= 15 is 0 Å². The van der Waals surface area contributed by atoms with Gasteiger partial charge in [-0.25, -0.2) is 9.97 Å². The number of ether oxygens (including phenoxy) is 2. The van der Waals surface area contributed by atoms with E-state index in [9.17, 15) is 4.79 Å². The minimum Gasteiger partial charge on any atom is -0.382 e. The molecular weight excluding hydrogens is 428 g/mol. The molecule has 4 unspecified atom stereocenters. The molecule has 3 aromatic rings. The number of aromatic nitrogens is 3. The monoisotopic (exact) mass is 464 g/mol. The summed E-state index contributed by atoms with van der Waals surface area (Å²) in [6.45, 7) is 5.20. The summed E-state index contributed by atoms with van der Waals surface area (Å²) in [5, 5.41) is 2.34. The first kappa shape index (κ1) is 23.4. The van der Waals surface area contributed by atoms with E-state index < -0.39 is 0 Å². The third kappa shape index (κ3) is 4.61. The Kier molecular flexibility index (Phi) is 7.23. The van der Waals surface area contributed by atoms with Gasteiger partial charge < -0.3 is 14.5 Å². The number of Topliss-reactive ketones (excluding diaryl/α,β-unsaturated/α-hetero) is 1. The van der Waals surface area contributed by atoms with Gasteiger partial charge in [-0.05, 0) is 62.3 Å². The maximum atomic E-state index is 13.0. The number of likely N-dealkylation sites (tertiary alicyclic amines) is 1. The van der Waals surface area contributed by atoms with Gasteiger partial charge in [-0.3, -0.25) is 9.69 Å². The van der Waals surface area contributed by atoms with Crippen LogP contribution in [0.25, 0.3) is 21.9 Å². The van der Waals surface area contributed by atoms with Crippen LogP contribution in [0.5, 0.6) is 0 Å². The van der Waals surface area contributed by atoms with Crippen molar-refractivity contribution in [3.05, 3.63) is 36.3 Å². The highest BCUT2D eigenvalue weighted by atomic mass is 16.5. The fourth-order valence-electron chi connectivity index (χ4n) is 6.20. The van der Waals surface area contributed by atoms with E-state index in [0.29, 0.717) is 31.3 Å². The van der Waals surface area contributed by atoms with E-state index in [-0.39, 0.29) is 18.1 Å². The van der Waals surface area contributed by atoms with Crippen LogP contribution in [0.2, 0.25) is 0 Å². The van der Waals surface area contributed by atoms with Crippen molar-refractivity contribution in [2.75, 3.05) is 33.4 Å². The number of methoxy groups -OCH3 is 1. The predicted octanol–water partition coefficient (Wildman–Crippen LogP) is 4.47. The molecule has 0 amide bonds. The lowest BCUT2D eigenvalue weighted by Gasteiger charge is -2.45. The molecule has 0 aromatic carbocycles. The Bertz CT molecular complexity index is 1130. The number of hydrogen-bond acceptors (Lipinski definition) is 6. The molecule has 4 atom stereocenters. The van der Waals surface area contributed by atoms with Crippen LogP contribution in [0.15, 0.2) is 30.7 Å². The second-order valence-electron chi connectivity index (χ2n) is 9.79. The Morgan fingerprint density at radius 2 is 2.12 bits per heavy atom. The number of nitrogens with zero attached hydrogens (tertiary/aromatic N) is 3. The number of piperidine rings is 1. The molecule has 4 heterocycles. The summed E-state index contributed by atoms with van der Waals surface area (Å²) in [6.07, 6.45) is 11.8. The Balaban J connectivity index is 1.43. The van der Waals surface area contributed by atoms with Gasteiger partial charge in [0.1, 0.15) is 5.78 Å². The van der Waals surface area contributed by atoms with Gasteiger partial charge in [-0.1, -0.05) is 6.92 Å². The first-order chi connectivity index (χ1) is 16.7. The molecule has 7 heteroatoms. The summed E-state index contributed by atoms with van der Waals surface area (Å²) in [5.41, 5.74) is 3.20. The number of rotatable bonds is 8. The lowest BCUT2D eigenvalue weighted by molar-refractivity contribution is -0.127. The first-order valence-corrected chi connectivity index (χ1v) is 12.8. The van der Waals surface area contributed by atoms with Crippen molar-refractivity contribution in [1.82, 2.24) is 19.9 Å². The summed E-state index contributed by atoms with van der Waals surface area (Å²) in [7, 11) is 1.71. The molecule has 1 aliphatic carbocycles. The van der Waals surface area contributed by atoms with Crippen molar-refractivity contribution in [3.8, 4) is 0 Å². The highest BCUT2D eigenvalue weighted by Crippen LogP contribution is 2.42. The zero-order valence-corrected chi connectivity index (χ0v) is 20.3. The van der Waals surface area contributed by atoms with Crippen molar-refractivity contribution < 1.29 is 14.3 Å². The molecular formula is C27H36N4O3. The summed E-state index contributed by atoms with van der Waals surface area (Å²) >= 11 is 0. The largest absolute Gasteiger partial charge is 0.382 e. The van der Waals surface area contributed by atoms with Crippen LogP contribution in [0.3, 0.4) is 0 Å². The Labute approximate surface area is 201 Å². The third-order valence-corrected chi connectivity index (χ3v) is 7.86. The average Bonchev–Trinajstić information content (AvgIpc) is 3.37. The standard InChI is InChI=1S/C27H36N4O3/c1-3-25(32)21-7-6-18(15-24(21)31-12-4-5-19(17-31)34-14-13-33-2)20-8-10-28-23-16-30-27-22(26(20)23)9-11-29-27/h8-11,16,18-19,21,24,28H,3-7,12-15,17H2,1-2H3. The number of nitrogens with one attached hydrogen (secondary N) is 1. The van der Waals surface area contributed by atoms with Crippen molar-refractivity contribution in [1.29, 1.82) is 0 Å². The highest BCUT2D eigenvalue weighted by molar-refractivity contribution is 6.05. The second-order valence-corrected chi connectivity index (χ2v) is 9.79. The van der Waals surface area contributed by atoms with Crippen molar-refractivity contribution in [2.45, 2.75) is 63.5 Å². The number of pyridine rings is 2. The van der Waals surface area contributed by atoms with Gasteiger partial charge in [0.25, 0.3) is 0 Å². The molecule has 7 nitrogen and oxygen atoms in total. The number of carbonyl (C=O) groups is 1. The van der Waals surface area contributed by atoms with Crippen LogP contribution in [0, 0.1) is 5.92 Å². The van der Waals surface area contributed by atoms with Crippen LogP contribution in [-0.2, 0) is 14.3 Å². The van der Waals surface area contributed by atoms with Gasteiger partial charge >= 0.3 is 0 Å². The zero-order valence-electron chi connectivity index (χ0n) is 20.3. The van der Waals surface area contributed by atoms with Crippen LogP contribution < -0.4 is 0 Å². The molecule has 0 spiro atoms. The van der Waals surface area contributed by atoms with Gasteiger partial charge in [-0.15, -0.1) is 0 Å². The van der Waals surface area contributed by atoms with Crippen molar-refractivity contribution in [3.63, 3.8) is 0 Å². The fourth-order valence-corrected chi connectivity index (χ4v) is 6.20. The molecule has 0 radical (unpaired) electrons. The smallest absolute Gasteiger partial charge is 0.159 e. The van der Waals surface area contributed by atoms with Crippen LogP contribution in [0.1, 0.15) is 56.9 Å². The molecule has 182 valence electrons. The molecule has 3 aromatic heterocycles. The first-order valence-electron chi connectivity index (χ1n) is 12.8. The molecule has 34 heavy (non-hydrogen) atoms. The number of aromatic amines is 1. The maximum Gasteiger partial charge on any atom is 0.159 e. The van der Waals surface area contributed by atoms with Crippen molar-refractivity contribution in [2.24, 2.45) is 5.92 Å². The van der Waals surface area contributed by atoms with E-state index in [1.165, 1.54) is 10.9 Å². The highest BCUT2D eigenvalue weighted by Gasteiger charge is 2.40. The molecule has 2 aliphatic rings. The number of fused-ring (bicyclic) bond motifs is 3. The average molecular weight is 465 g/mol. The van der Waals surface area contributed by atoms with Crippen molar-refractivity contribution >= 4 is 27.7 Å².